The van der Waals surface area contributed by atoms with Crippen molar-refractivity contribution in [3.63, 3.8) is 0 Å². The zero-order chi connectivity index (χ0) is 32.5. The van der Waals surface area contributed by atoms with Crippen LogP contribution in [0.5, 0.6) is 11.5 Å². The van der Waals surface area contributed by atoms with Crippen molar-refractivity contribution in [2.45, 2.75) is 9.79 Å². The van der Waals surface area contributed by atoms with Gasteiger partial charge in [-0.1, -0.05) is 29.7 Å². The van der Waals surface area contributed by atoms with E-state index in [1.807, 2.05) is 0 Å². The van der Waals surface area contributed by atoms with Gasteiger partial charge in [-0.15, -0.1) is 20.5 Å². The van der Waals surface area contributed by atoms with Crippen molar-refractivity contribution in [2.75, 3.05) is 0 Å². The minimum atomic E-state index is -4.69. The van der Waals surface area contributed by atoms with Gasteiger partial charge in [-0.3, -0.25) is 20.0 Å². The van der Waals surface area contributed by atoms with Crippen LogP contribution in [0.25, 0.3) is 21.8 Å². The molecule has 0 bridgehead atoms. The number of azo groups is 2. The number of hydrogen-bond acceptors (Lipinski definition) is 18. The minimum Gasteiger partial charge on any atom is -0.872 e. The van der Waals surface area contributed by atoms with Crippen LogP contribution in [0, 0.1) is 0 Å². The van der Waals surface area contributed by atoms with E-state index >= 15 is 0 Å². The summed E-state index contributed by atoms with van der Waals surface area (Å²) in [7, 11) is -4.69. The Bertz CT molecular complexity index is 2180. The van der Waals surface area contributed by atoms with Crippen LogP contribution in [0.15, 0.2) is 122 Å². The van der Waals surface area contributed by atoms with Gasteiger partial charge in [0.25, 0.3) is 0 Å². The number of nitrogens with zero attached hydrogens (tertiary/aromatic N) is 9. The van der Waals surface area contributed by atoms with E-state index < -0.39 is 20.8 Å². The predicted molar refractivity (Wildman–Crippen MR) is 153 cm³/mol. The summed E-state index contributed by atoms with van der Waals surface area (Å²) >= 11 is 0.652. The summed E-state index contributed by atoms with van der Waals surface area (Å²) in [5, 5.41) is 53.1. The quantitative estimate of drug-likeness (QED) is 0.0397. The van der Waals surface area contributed by atoms with Crippen molar-refractivity contribution < 1.29 is 113 Å². The zero-order valence-electron chi connectivity index (χ0n) is 25.1. The molecule has 0 unspecified atom stereocenters. The van der Waals surface area contributed by atoms with Crippen LogP contribution in [0.4, 0.5) is 23.0 Å². The van der Waals surface area contributed by atoms with Crippen LogP contribution < -0.4 is 74.6 Å². The molecular formula is C27H15N9Na2NiO8S2-2. The van der Waals surface area contributed by atoms with Crippen molar-refractivity contribution in [3.8, 4) is 11.5 Å². The summed E-state index contributed by atoms with van der Waals surface area (Å²) in [4.78, 5) is 19.7. The first-order valence-corrected chi connectivity index (χ1v) is 14.7. The molecule has 0 fully saturated rings. The molecule has 49 heavy (non-hydrogen) atoms. The fourth-order valence-corrected chi connectivity index (χ4v) is 4.50. The van der Waals surface area contributed by atoms with Crippen molar-refractivity contribution >= 4 is 67.0 Å². The summed E-state index contributed by atoms with van der Waals surface area (Å²) in [6, 6.07) is 13.1. The van der Waals surface area contributed by atoms with Gasteiger partial charge < -0.3 is 20.0 Å². The number of rotatable bonds is 8. The molecule has 0 saturated heterocycles. The topological polar surface area (TPSA) is 259 Å². The van der Waals surface area contributed by atoms with Crippen molar-refractivity contribution in [3.05, 3.63) is 91.8 Å². The third-order valence-electron chi connectivity index (χ3n) is 5.69. The van der Waals surface area contributed by atoms with Gasteiger partial charge in [0.15, 0.2) is 11.6 Å². The van der Waals surface area contributed by atoms with Crippen molar-refractivity contribution in [1.29, 1.82) is 0 Å². The molecule has 0 saturated carbocycles. The van der Waals surface area contributed by atoms with Gasteiger partial charge in [0.05, 0.1) is 39.1 Å². The van der Waals surface area contributed by atoms with Gasteiger partial charge in [0.2, 0.25) is 0 Å². The fourth-order valence-electron chi connectivity index (χ4n) is 3.68. The third-order valence-corrected chi connectivity index (χ3v) is 7.03. The van der Waals surface area contributed by atoms with E-state index in [2.05, 4.69) is 54.7 Å². The molecule has 0 N–H and O–H groups in total. The first-order chi connectivity index (χ1) is 22.2. The maximum Gasteiger partial charge on any atom is 1.00 e. The van der Waals surface area contributed by atoms with Gasteiger partial charge in [-0.25, -0.2) is 18.4 Å². The molecule has 0 atom stereocenters. The molecular weight excluding hydrogens is 747 g/mol. The SMILES string of the molecule is O=S(=O)([O-])c1cnc2c(N=Nc3ccccn3)ccc([O-])c2c1.[Na+].[Na+].[Ni].[O-]OOSc1cnc2c(N=Nc3cnccn3)ccc([O-])c2c1. The van der Waals surface area contributed by atoms with E-state index in [9.17, 15) is 28.4 Å². The molecule has 0 spiro atoms. The zero-order valence-corrected chi connectivity index (χ0v) is 31.7. The van der Waals surface area contributed by atoms with E-state index in [1.165, 1.54) is 55.1 Å². The number of pyridine rings is 3. The summed E-state index contributed by atoms with van der Waals surface area (Å²) in [6.07, 6.45) is 8.34. The van der Waals surface area contributed by atoms with E-state index in [1.54, 1.807) is 24.4 Å². The molecule has 2 aromatic carbocycles. The Labute approximate surface area is 335 Å². The summed E-state index contributed by atoms with van der Waals surface area (Å²) in [5.74, 6) is -0.00291. The standard InChI is InChI=1S/C14H10N4O4S.C13H9N5O4S.2Na.Ni/c19-12-5-4-11(17-18-13-3-1-2-6-15-13)14-10(12)7-9(8-16-14)23(20,21)22;19-11-2-1-10(17-18-12-7-14-3-4-15-12)13-9(11)5-8(6-16-13)23-22-21-20;;;/h1-8,19H,(H,20,21,22);1-7,19-20H;;;/q;;2*+1;/p-4. The summed E-state index contributed by atoms with van der Waals surface area (Å²) in [5.41, 5.74) is 1.20. The first-order valence-electron chi connectivity index (χ1n) is 12.5. The van der Waals surface area contributed by atoms with Crippen molar-refractivity contribution in [1.82, 2.24) is 24.9 Å². The molecule has 0 aliphatic heterocycles. The summed E-state index contributed by atoms with van der Waals surface area (Å²) in [6.45, 7) is 0. The fraction of sp³-hybridized carbons (Fsp3) is 0. The third kappa shape index (κ3) is 11.5. The maximum absolute atomic E-state index is 12.0. The molecule has 17 nitrogen and oxygen atoms in total. The van der Waals surface area contributed by atoms with Crippen molar-refractivity contribution in [2.24, 2.45) is 20.5 Å². The Morgan fingerprint density at radius 1 is 0.694 bits per heavy atom. The second kappa shape index (κ2) is 19.9. The van der Waals surface area contributed by atoms with E-state index in [4.69, 9.17) is 0 Å². The maximum atomic E-state index is 12.0. The second-order valence-corrected chi connectivity index (χ2v) is 10.8. The number of aromatic nitrogens is 5. The second-order valence-electron chi connectivity index (χ2n) is 8.63. The Hall–Kier alpha value is -3.08. The van der Waals surface area contributed by atoms with Crippen LogP contribution in [-0.4, -0.2) is 37.9 Å². The number of fused-ring (bicyclic) bond motifs is 2. The van der Waals surface area contributed by atoms with Crippen LogP contribution in [0.2, 0.25) is 0 Å². The van der Waals surface area contributed by atoms with Crippen LogP contribution in [-0.2, 0) is 36.0 Å². The molecule has 4 heterocycles. The molecule has 0 aliphatic rings. The van der Waals surface area contributed by atoms with Gasteiger partial charge in [0.1, 0.15) is 21.5 Å². The molecule has 0 radical (unpaired) electrons. The normalized spacial score (nSPS) is 11.0. The molecule has 0 aliphatic carbocycles. The molecule has 6 rings (SSSR count). The average Bonchev–Trinajstić information content (AvgIpc) is 3.07. The van der Waals surface area contributed by atoms with Gasteiger partial charge in [0, 0.05) is 47.5 Å². The minimum absolute atomic E-state index is 0. The van der Waals surface area contributed by atoms with E-state index in [0.717, 1.165) is 12.3 Å². The monoisotopic (exact) mass is 761 g/mol. The largest absolute Gasteiger partial charge is 1.00 e. The predicted octanol–water partition coefficient (Wildman–Crippen LogP) is -2.23. The van der Waals surface area contributed by atoms with Gasteiger partial charge >= 0.3 is 59.1 Å². The smallest absolute Gasteiger partial charge is 0.872 e. The van der Waals surface area contributed by atoms with Crippen LogP contribution in [0.3, 0.4) is 0 Å². The Kier molecular flexibility index (Phi) is 17.1. The Balaban J connectivity index is 0.000000321. The van der Waals surface area contributed by atoms with E-state index in [0.29, 0.717) is 45.2 Å². The molecule has 0 amide bonds. The van der Waals surface area contributed by atoms with Crippen LogP contribution in [0.1, 0.15) is 0 Å². The van der Waals surface area contributed by atoms with Gasteiger partial charge in [-0.05, 0) is 47.2 Å². The number of hydrogen-bond donors (Lipinski definition) is 0. The Morgan fingerprint density at radius 3 is 1.88 bits per heavy atom. The average molecular weight is 762 g/mol. The van der Waals surface area contributed by atoms with Gasteiger partial charge in [-0.2, -0.15) is 4.33 Å². The first kappa shape index (κ1) is 42.1. The summed E-state index contributed by atoms with van der Waals surface area (Å²) < 4.78 is 37.3. The van der Waals surface area contributed by atoms with E-state index in [-0.39, 0.29) is 97.9 Å². The Morgan fingerprint density at radius 2 is 1.31 bits per heavy atom. The number of benzene rings is 2. The van der Waals surface area contributed by atoms with Crippen LogP contribution >= 0.6 is 12.0 Å². The molecule has 6 aromatic rings. The molecule has 4 aromatic heterocycles. The molecule has 242 valence electrons. The molecule has 22 heteroatoms.